The molecule has 2 aromatic heterocycles. The van der Waals surface area contributed by atoms with Gasteiger partial charge >= 0.3 is 24.0 Å². The Hall–Kier alpha value is -7.00. The molecular weight excluding hydrogens is 1170 g/mol. The lowest BCUT2D eigenvalue weighted by atomic mass is 9.93. The van der Waals surface area contributed by atoms with Gasteiger partial charge in [-0.15, -0.1) is 28.6 Å². The van der Waals surface area contributed by atoms with Crippen molar-refractivity contribution in [3.05, 3.63) is 109 Å². The number of piperazine rings is 1. The highest BCUT2D eigenvalue weighted by molar-refractivity contribution is 8.02. The standard InChI is InChI=1S/C61H81N11O12S3/c1-58(2,3)82-54(76)47(66-52(74)50-60(7,8)85-38-71(50)84-45-13-11-25-62-36-45)33-40-15-19-43(20-16-40)64-56(78)69-27-23-42(24-28-69)35-49(73)68-29-31-70(32-30-68)57(79)65-44-21-17-41(18-22-44)34-48(55(77)83-59(4,5)6)67-53(75)51-61(9,10)86-39-72(51)87(80,81)46-14-12-26-63-37-46/h11-22,25-26,36-37,42,47-48,50-51H,23-24,27-35,38-39H2,1-10H3,(H,64,78)(H,65,79)(H,66,74)(H,67,75)/t47-,48-,50+,51+/m0/s1. The maximum absolute atomic E-state index is 14.1. The SMILES string of the molecule is CC(C)(C)OC(=O)[C@H](Cc1ccc(NC(=O)N2CCC(CC(=O)N3CCN(C(=O)Nc4ccc(C[C@H](NC(=O)[C@H]5N(S(=O)(=O)c6cccnc6)CSC5(C)C)C(=O)OC(C)(C)C)cc4)CC3)CC2)cc1)NC(=O)[C@H]1N(Oc2cccnc2)CSC1(C)C. The molecule has 8 rings (SSSR count). The highest BCUT2D eigenvalue weighted by Crippen LogP contribution is 2.43. The summed E-state index contributed by atoms with van der Waals surface area (Å²) in [7, 11) is -4.12. The summed E-state index contributed by atoms with van der Waals surface area (Å²) in [5.74, 6) is -1.29. The molecule has 4 N–H and O–H groups in total. The van der Waals surface area contributed by atoms with Crippen LogP contribution in [-0.4, -0.2) is 180 Å². The highest BCUT2D eigenvalue weighted by Gasteiger charge is 2.52. The second-order valence-corrected chi connectivity index (χ2v) is 30.3. The molecule has 4 fully saturated rings. The van der Waals surface area contributed by atoms with E-state index in [1.54, 1.807) is 160 Å². The van der Waals surface area contributed by atoms with Crippen molar-refractivity contribution in [2.45, 2.75) is 151 Å². The number of hydrogen-bond acceptors (Lipinski definition) is 17. The minimum absolute atomic E-state index is 0.000815. The van der Waals surface area contributed by atoms with Gasteiger partial charge in [0.25, 0.3) is 0 Å². The van der Waals surface area contributed by atoms with E-state index in [1.807, 2.05) is 13.8 Å². The van der Waals surface area contributed by atoms with Crippen molar-refractivity contribution in [2.75, 3.05) is 61.7 Å². The molecule has 0 unspecified atom stereocenters. The molecule has 0 aliphatic carbocycles. The molecule has 7 amide bonds. The average Bonchev–Trinajstić information content (AvgIpc) is 1.78. The van der Waals surface area contributed by atoms with Gasteiger partial charge in [0.05, 0.1) is 18.0 Å². The summed E-state index contributed by atoms with van der Waals surface area (Å²) in [6.07, 6.45) is 7.67. The zero-order valence-electron chi connectivity index (χ0n) is 51.1. The number of carbonyl (C=O) groups is 7. The fourth-order valence-electron chi connectivity index (χ4n) is 10.6. The predicted molar refractivity (Wildman–Crippen MR) is 332 cm³/mol. The number of esters is 2. The largest absolute Gasteiger partial charge is 0.458 e. The number of hydroxylamine groups is 2. The summed E-state index contributed by atoms with van der Waals surface area (Å²) in [6, 6.07) is 15.7. The predicted octanol–water partition coefficient (Wildman–Crippen LogP) is 6.91. The molecule has 4 atom stereocenters. The van der Waals surface area contributed by atoms with E-state index in [9.17, 15) is 42.0 Å². The molecule has 87 heavy (non-hydrogen) atoms. The number of piperidine rings is 1. The third-order valence-electron chi connectivity index (χ3n) is 15.2. The molecular formula is C61H81N11O12S3. The molecule has 2 aromatic carbocycles. The van der Waals surface area contributed by atoms with Gasteiger partial charge in [0.1, 0.15) is 40.3 Å². The number of pyridine rings is 2. The molecule has 470 valence electrons. The molecule has 4 saturated heterocycles. The number of likely N-dealkylation sites (tertiary alicyclic amines) is 1. The number of aromatic nitrogens is 2. The van der Waals surface area contributed by atoms with Crippen molar-refractivity contribution in [3.8, 4) is 5.75 Å². The van der Waals surface area contributed by atoms with E-state index >= 15 is 0 Å². The van der Waals surface area contributed by atoms with Crippen LogP contribution in [0.5, 0.6) is 5.75 Å². The van der Waals surface area contributed by atoms with Crippen molar-refractivity contribution < 1.29 is 56.3 Å². The maximum Gasteiger partial charge on any atom is 0.329 e. The number of sulfonamides is 1. The first kappa shape index (κ1) is 66.0. The molecule has 0 saturated carbocycles. The van der Waals surface area contributed by atoms with Crippen LogP contribution in [-0.2, 0) is 56.3 Å². The van der Waals surface area contributed by atoms with Gasteiger partial charge in [0.2, 0.25) is 27.7 Å². The number of anilines is 2. The fraction of sp³-hybridized carbons (Fsp3) is 0.525. The number of ether oxygens (including phenoxy) is 2. The van der Waals surface area contributed by atoms with E-state index in [0.717, 1.165) is 9.87 Å². The smallest absolute Gasteiger partial charge is 0.329 e. The lowest BCUT2D eigenvalue weighted by Crippen LogP contribution is -2.57. The summed E-state index contributed by atoms with van der Waals surface area (Å²) in [4.78, 5) is 115. The van der Waals surface area contributed by atoms with Gasteiger partial charge in [-0.2, -0.15) is 4.31 Å². The average molecular weight is 1260 g/mol. The monoisotopic (exact) mass is 1260 g/mol. The van der Waals surface area contributed by atoms with Gasteiger partial charge in [0, 0.05) is 98.0 Å². The Morgan fingerprint density at radius 1 is 0.609 bits per heavy atom. The number of carbonyl (C=O) groups excluding carboxylic acids is 7. The molecule has 23 nitrogen and oxygen atoms in total. The zero-order valence-corrected chi connectivity index (χ0v) is 53.5. The first-order chi connectivity index (χ1) is 40.9. The Balaban J connectivity index is 0.773. The first-order valence-corrected chi connectivity index (χ1v) is 32.5. The third-order valence-corrected chi connectivity index (χ3v) is 19.9. The number of amides is 7. The van der Waals surface area contributed by atoms with E-state index in [1.165, 1.54) is 36.3 Å². The molecule has 26 heteroatoms. The van der Waals surface area contributed by atoms with Crippen LogP contribution >= 0.6 is 23.5 Å². The Morgan fingerprint density at radius 2 is 1.07 bits per heavy atom. The second kappa shape index (κ2) is 27.6. The minimum Gasteiger partial charge on any atom is -0.458 e. The van der Waals surface area contributed by atoms with Crippen LogP contribution in [0.15, 0.2) is 102 Å². The quantitative estimate of drug-likeness (QED) is 0.0737. The number of nitrogens with zero attached hydrogens (tertiary/aromatic N) is 7. The molecule has 4 aliphatic rings. The van der Waals surface area contributed by atoms with Crippen molar-refractivity contribution >= 4 is 86.6 Å². The molecule has 6 heterocycles. The van der Waals surface area contributed by atoms with E-state index in [4.69, 9.17) is 14.3 Å². The summed E-state index contributed by atoms with van der Waals surface area (Å²) in [5, 5.41) is 13.3. The van der Waals surface area contributed by atoms with E-state index in [2.05, 4.69) is 31.2 Å². The molecule has 0 spiro atoms. The van der Waals surface area contributed by atoms with Crippen molar-refractivity contribution in [3.63, 3.8) is 0 Å². The van der Waals surface area contributed by atoms with Crippen LogP contribution in [0.4, 0.5) is 21.0 Å². The lowest BCUT2D eigenvalue weighted by molar-refractivity contribution is -0.160. The van der Waals surface area contributed by atoms with Crippen molar-refractivity contribution in [1.29, 1.82) is 0 Å². The lowest BCUT2D eigenvalue weighted by Gasteiger charge is -2.36. The van der Waals surface area contributed by atoms with Crippen LogP contribution in [0.3, 0.4) is 0 Å². The van der Waals surface area contributed by atoms with Gasteiger partial charge in [-0.1, -0.05) is 24.3 Å². The molecule has 4 aliphatic heterocycles. The number of thioether (sulfide) groups is 2. The number of hydrogen-bond donors (Lipinski definition) is 4. The third kappa shape index (κ3) is 17.6. The fourth-order valence-corrected chi connectivity index (χ4v) is 14.8. The van der Waals surface area contributed by atoms with Gasteiger partial charge < -0.3 is 50.3 Å². The number of rotatable bonds is 18. The van der Waals surface area contributed by atoms with Gasteiger partial charge in [-0.25, -0.2) is 27.6 Å². The molecule has 0 radical (unpaired) electrons. The Morgan fingerprint density at radius 3 is 1.55 bits per heavy atom. The van der Waals surface area contributed by atoms with Crippen LogP contribution in [0.25, 0.3) is 0 Å². The summed E-state index contributed by atoms with van der Waals surface area (Å²) < 4.78 is 38.7. The number of benzene rings is 2. The van der Waals surface area contributed by atoms with Crippen LogP contribution in [0.1, 0.15) is 99.6 Å². The number of urea groups is 2. The Labute approximate surface area is 518 Å². The van der Waals surface area contributed by atoms with Crippen LogP contribution in [0, 0.1) is 5.92 Å². The molecule has 0 bridgehead atoms. The van der Waals surface area contributed by atoms with Crippen molar-refractivity contribution in [2.24, 2.45) is 5.92 Å². The van der Waals surface area contributed by atoms with Crippen LogP contribution in [0.2, 0.25) is 0 Å². The van der Waals surface area contributed by atoms with Crippen molar-refractivity contribution in [1.82, 2.24) is 44.7 Å². The van der Waals surface area contributed by atoms with E-state index < -0.39 is 72.7 Å². The van der Waals surface area contributed by atoms with Gasteiger partial charge in [0.15, 0.2) is 5.75 Å². The van der Waals surface area contributed by atoms with Gasteiger partial charge in [-0.3, -0.25) is 24.4 Å². The van der Waals surface area contributed by atoms with E-state index in [0.29, 0.717) is 87.1 Å². The summed E-state index contributed by atoms with van der Waals surface area (Å²) in [5.41, 5.74) is 0.747. The minimum atomic E-state index is -4.12. The highest BCUT2D eigenvalue weighted by atomic mass is 32.2. The van der Waals surface area contributed by atoms with E-state index in [-0.39, 0.29) is 53.4 Å². The normalized spacial score (nSPS) is 20.0. The van der Waals surface area contributed by atoms with Crippen LogP contribution < -0.4 is 26.1 Å². The Kier molecular flexibility index (Phi) is 20.9. The summed E-state index contributed by atoms with van der Waals surface area (Å²) >= 11 is 2.87. The second-order valence-electron chi connectivity index (χ2n) is 25.2. The molecule has 4 aromatic rings. The first-order valence-electron chi connectivity index (χ1n) is 29.1. The topological polar surface area (TPSA) is 271 Å². The summed E-state index contributed by atoms with van der Waals surface area (Å²) in [6.45, 7) is 20.2. The zero-order chi connectivity index (χ0) is 63.1. The number of nitrogens with one attached hydrogen (secondary N) is 4. The maximum atomic E-state index is 14.1. The van der Waals surface area contributed by atoms with Gasteiger partial charge in [-0.05, 0) is 148 Å². The Bertz CT molecular complexity index is 3210.